The summed E-state index contributed by atoms with van der Waals surface area (Å²) in [6.45, 7) is 0. The van der Waals surface area contributed by atoms with Gasteiger partial charge in [0.05, 0.1) is 13.2 Å². The number of nitrogens with one attached hydrogen (secondary N) is 1. The van der Waals surface area contributed by atoms with Crippen LogP contribution in [0.15, 0.2) is 42.5 Å². The highest BCUT2D eigenvalue weighted by Gasteiger charge is 2.14. The van der Waals surface area contributed by atoms with Crippen molar-refractivity contribution in [3.63, 3.8) is 0 Å². The third kappa shape index (κ3) is 3.34. The standard InChI is InChI=1S/C17H21FN2O/c1-19-17(12-5-8-14(9-6-12)20(2)3)13-7-10-16(21-4)15(18)11-13/h5-11,17,19H,1-4H3. The third-order valence-corrected chi connectivity index (χ3v) is 3.54. The van der Waals surface area contributed by atoms with Crippen LogP contribution in [0.25, 0.3) is 0 Å². The molecule has 0 heterocycles. The zero-order valence-electron chi connectivity index (χ0n) is 12.9. The molecule has 0 bridgehead atoms. The minimum absolute atomic E-state index is 0.0541. The van der Waals surface area contributed by atoms with Gasteiger partial charge in [-0.1, -0.05) is 18.2 Å². The maximum atomic E-state index is 13.9. The summed E-state index contributed by atoms with van der Waals surface area (Å²) in [6, 6.07) is 13.2. The maximum absolute atomic E-state index is 13.9. The number of halogens is 1. The summed E-state index contributed by atoms with van der Waals surface area (Å²) >= 11 is 0. The molecule has 0 spiro atoms. The van der Waals surface area contributed by atoms with Crippen LogP contribution in [0.1, 0.15) is 17.2 Å². The molecule has 0 saturated carbocycles. The molecule has 4 heteroatoms. The first-order chi connectivity index (χ1) is 10.1. The van der Waals surface area contributed by atoms with Gasteiger partial charge in [0.1, 0.15) is 0 Å². The van der Waals surface area contributed by atoms with Crippen molar-refractivity contribution in [1.29, 1.82) is 0 Å². The Morgan fingerprint density at radius 3 is 2.14 bits per heavy atom. The fourth-order valence-corrected chi connectivity index (χ4v) is 2.35. The number of benzene rings is 2. The van der Waals surface area contributed by atoms with Gasteiger partial charge in [0.25, 0.3) is 0 Å². The SMILES string of the molecule is CNC(c1ccc(N(C)C)cc1)c1ccc(OC)c(F)c1. The zero-order chi connectivity index (χ0) is 15.4. The van der Waals surface area contributed by atoms with Crippen LogP contribution in [0, 0.1) is 5.82 Å². The van der Waals surface area contributed by atoms with Crippen LogP contribution in [-0.4, -0.2) is 28.3 Å². The Morgan fingerprint density at radius 1 is 1.05 bits per heavy atom. The predicted octanol–water partition coefficient (Wildman–Crippen LogP) is 3.21. The van der Waals surface area contributed by atoms with Gasteiger partial charge < -0.3 is 15.0 Å². The van der Waals surface area contributed by atoms with E-state index in [4.69, 9.17) is 4.74 Å². The molecule has 0 aromatic heterocycles. The monoisotopic (exact) mass is 288 g/mol. The quantitative estimate of drug-likeness (QED) is 0.914. The number of nitrogens with zero attached hydrogens (tertiary/aromatic N) is 1. The molecule has 3 nitrogen and oxygen atoms in total. The third-order valence-electron chi connectivity index (χ3n) is 3.54. The van der Waals surface area contributed by atoms with Crippen molar-refractivity contribution in [2.45, 2.75) is 6.04 Å². The normalized spacial score (nSPS) is 12.0. The average molecular weight is 288 g/mol. The second-order valence-corrected chi connectivity index (χ2v) is 5.10. The molecule has 1 unspecified atom stereocenters. The first-order valence-corrected chi connectivity index (χ1v) is 6.84. The van der Waals surface area contributed by atoms with Crippen molar-refractivity contribution in [2.75, 3.05) is 33.2 Å². The summed E-state index contributed by atoms with van der Waals surface area (Å²) < 4.78 is 18.8. The Labute approximate surface area is 125 Å². The lowest BCUT2D eigenvalue weighted by atomic mass is 9.98. The van der Waals surface area contributed by atoms with Gasteiger partial charge >= 0.3 is 0 Å². The van der Waals surface area contributed by atoms with Gasteiger partial charge in [0.15, 0.2) is 11.6 Å². The largest absolute Gasteiger partial charge is 0.494 e. The van der Waals surface area contributed by atoms with Gasteiger partial charge in [0.2, 0.25) is 0 Å². The zero-order valence-corrected chi connectivity index (χ0v) is 12.9. The summed E-state index contributed by atoms with van der Waals surface area (Å²) in [5, 5.41) is 3.23. The lowest BCUT2D eigenvalue weighted by Gasteiger charge is -2.19. The number of hydrogen-bond donors (Lipinski definition) is 1. The Bertz CT molecular complexity index is 596. The Balaban J connectivity index is 2.32. The van der Waals surface area contributed by atoms with Crippen LogP contribution in [-0.2, 0) is 0 Å². The minimum Gasteiger partial charge on any atom is -0.494 e. The van der Waals surface area contributed by atoms with E-state index in [1.165, 1.54) is 13.2 Å². The molecule has 2 aromatic rings. The van der Waals surface area contributed by atoms with Gasteiger partial charge in [-0.25, -0.2) is 4.39 Å². The first kappa shape index (κ1) is 15.3. The topological polar surface area (TPSA) is 24.5 Å². The Morgan fingerprint density at radius 2 is 1.67 bits per heavy atom. The second-order valence-electron chi connectivity index (χ2n) is 5.10. The molecule has 0 amide bonds. The highest BCUT2D eigenvalue weighted by molar-refractivity contribution is 5.48. The molecule has 0 saturated heterocycles. The van der Waals surface area contributed by atoms with Gasteiger partial charge in [-0.15, -0.1) is 0 Å². The van der Waals surface area contributed by atoms with Crippen LogP contribution in [0.4, 0.5) is 10.1 Å². The molecule has 112 valence electrons. The number of ether oxygens (including phenoxy) is 1. The molecule has 2 aromatic carbocycles. The van der Waals surface area contributed by atoms with Crippen molar-refractivity contribution in [2.24, 2.45) is 0 Å². The molecule has 2 rings (SSSR count). The summed E-state index contributed by atoms with van der Waals surface area (Å²) in [7, 11) is 7.34. The fourth-order valence-electron chi connectivity index (χ4n) is 2.35. The van der Waals surface area contributed by atoms with E-state index in [2.05, 4.69) is 29.6 Å². The number of anilines is 1. The summed E-state index contributed by atoms with van der Waals surface area (Å²) in [5.41, 5.74) is 3.09. The van der Waals surface area contributed by atoms with E-state index in [1.54, 1.807) is 6.07 Å². The first-order valence-electron chi connectivity index (χ1n) is 6.84. The summed E-state index contributed by atoms with van der Waals surface area (Å²) in [6.07, 6.45) is 0. The smallest absolute Gasteiger partial charge is 0.165 e. The van der Waals surface area contributed by atoms with Gasteiger partial charge in [-0.3, -0.25) is 0 Å². The molecule has 0 aliphatic heterocycles. The molecule has 0 radical (unpaired) electrons. The predicted molar refractivity (Wildman–Crippen MR) is 84.6 cm³/mol. The van der Waals surface area contributed by atoms with E-state index in [1.807, 2.05) is 32.1 Å². The van der Waals surface area contributed by atoms with Crippen molar-refractivity contribution in [3.8, 4) is 5.75 Å². The lowest BCUT2D eigenvalue weighted by molar-refractivity contribution is 0.386. The molecule has 0 aliphatic carbocycles. The number of rotatable bonds is 5. The molecule has 1 N–H and O–H groups in total. The molecular weight excluding hydrogens is 267 g/mol. The Kier molecular flexibility index (Phi) is 4.81. The molecule has 1 atom stereocenters. The maximum Gasteiger partial charge on any atom is 0.165 e. The van der Waals surface area contributed by atoms with E-state index in [0.717, 1.165) is 16.8 Å². The molecule has 0 fully saturated rings. The molecule has 21 heavy (non-hydrogen) atoms. The second kappa shape index (κ2) is 6.59. The van der Waals surface area contributed by atoms with Crippen LogP contribution in [0.3, 0.4) is 0 Å². The van der Waals surface area contributed by atoms with Crippen molar-refractivity contribution in [3.05, 3.63) is 59.4 Å². The fraction of sp³-hybridized carbons (Fsp3) is 0.294. The number of methoxy groups -OCH3 is 1. The van der Waals surface area contributed by atoms with Crippen molar-refractivity contribution < 1.29 is 9.13 Å². The lowest BCUT2D eigenvalue weighted by Crippen LogP contribution is -2.18. The summed E-state index contributed by atoms with van der Waals surface area (Å²) in [5.74, 6) is -0.0864. The van der Waals surface area contributed by atoms with Crippen molar-refractivity contribution in [1.82, 2.24) is 5.32 Å². The van der Waals surface area contributed by atoms with Crippen LogP contribution in [0.2, 0.25) is 0 Å². The van der Waals surface area contributed by atoms with Crippen LogP contribution < -0.4 is 15.0 Å². The van der Waals surface area contributed by atoms with Gasteiger partial charge in [-0.2, -0.15) is 0 Å². The van der Waals surface area contributed by atoms with E-state index in [0.29, 0.717) is 0 Å². The van der Waals surface area contributed by atoms with Gasteiger partial charge in [0, 0.05) is 19.8 Å². The van der Waals surface area contributed by atoms with E-state index < -0.39 is 0 Å². The summed E-state index contributed by atoms with van der Waals surface area (Å²) in [4.78, 5) is 2.05. The minimum atomic E-state index is -0.347. The van der Waals surface area contributed by atoms with Crippen LogP contribution >= 0.6 is 0 Å². The van der Waals surface area contributed by atoms with E-state index in [9.17, 15) is 4.39 Å². The molecular formula is C17H21FN2O. The molecule has 0 aliphatic rings. The highest BCUT2D eigenvalue weighted by atomic mass is 19.1. The van der Waals surface area contributed by atoms with E-state index in [-0.39, 0.29) is 17.6 Å². The van der Waals surface area contributed by atoms with E-state index >= 15 is 0 Å². The van der Waals surface area contributed by atoms with Crippen molar-refractivity contribution >= 4 is 5.69 Å². The van der Waals surface area contributed by atoms with Crippen LogP contribution in [0.5, 0.6) is 5.75 Å². The van der Waals surface area contributed by atoms with Gasteiger partial charge in [-0.05, 0) is 42.4 Å². The average Bonchev–Trinajstić information content (AvgIpc) is 2.49. The Hall–Kier alpha value is -2.07. The number of hydrogen-bond acceptors (Lipinski definition) is 3. The highest BCUT2D eigenvalue weighted by Crippen LogP contribution is 2.27.